The summed E-state index contributed by atoms with van der Waals surface area (Å²) in [7, 11) is 0. The summed E-state index contributed by atoms with van der Waals surface area (Å²) in [5.41, 5.74) is 1.49. The molecule has 0 saturated carbocycles. The van der Waals surface area contributed by atoms with Gasteiger partial charge in [-0.25, -0.2) is 9.97 Å². The molecule has 0 aliphatic carbocycles. The van der Waals surface area contributed by atoms with Crippen LogP contribution in [0.2, 0.25) is 0 Å². The van der Waals surface area contributed by atoms with Gasteiger partial charge in [-0.3, -0.25) is 4.68 Å². The molecule has 0 fully saturated rings. The highest BCUT2D eigenvalue weighted by atomic mass is 79.9. The number of halogens is 1. The molecule has 21 heavy (non-hydrogen) atoms. The van der Waals surface area contributed by atoms with Crippen LogP contribution in [-0.2, 0) is 13.0 Å². The van der Waals surface area contributed by atoms with Gasteiger partial charge in [0.2, 0.25) is 0 Å². The minimum atomic E-state index is -0.724. The summed E-state index contributed by atoms with van der Waals surface area (Å²) in [5, 5.41) is 15.6. The lowest BCUT2D eigenvalue weighted by Crippen LogP contribution is -2.11. The molecule has 1 atom stereocenters. The van der Waals surface area contributed by atoms with Crippen LogP contribution in [0.15, 0.2) is 41.1 Å². The van der Waals surface area contributed by atoms with Crippen molar-refractivity contribution in [3.8, 4) is 0 Å². The Kier molecular flexibility index (Phi) is 3.98. The maximum atomic E-state index is 10.5. The van der Waals surface area contributed by atoms with E-state index in [1.807, 2.05) is 37.3 Å². The Labute approximate surface area is 130 Å². The second-order valence-corrected chi connectivity index (χ2v) is 5.61. The van der Waals surface area contributed by atoms with Crippen molar-refractivity contribution in [3.05, 3.63) is 52.7 Å². The first kappa shape index (κ1) is 14.2. The summed E-state index contributed by atoms with van der Waals surface area (Å²) >= 11 is 3.49. The lowest BCUT2D eigenvalue weighted by molar-refractivity contribution is 0.169. The van der Waals surface area contributed by atoms with E-state index in [0.29, 0.717) is 12.1 Å². The van der Waals surface area contributed by atoms with Crippen LogP contribution in [-0.4, -0.2) is 24.9 Å². The van der Waals surface area contributed by atoms with Crippen LogP contribution in [0.3, 0.4) is 0 Å². The third-order valence-corrected chi connectivity index (χ3v) is 4.03. The summed E-state index contributed by atoms with van der Waals surface area (Å²) < 4.78 is 2.58. The molecule has 2 aromatic heterocycles. The molecule has 0 bridgehead atoms. The summed E-state index contributed by atoms with van der Waals surface area (Å²) in [6.45, 7) is 2.73. The number of nitrogens with zero attached hydrogens (tertiary/aromatic N) is 4. The fourth-order valence-corrected chi connectivity index (χ4v) is 2.92. The zero-order chi connectivity index (χ0) is 14.8. The molecule has 0 saturated heterocycles. The number of aromatic nitrogens is 4. The molecule has 0 spiro atoms. The minimum Gasteiger partial charge on any atom is -0.386 e. The summed E-state index contributed by atoms with van der Waals surface area (Å²) in [6, 6.07) is 9.82. The van der Waals surface area contributed by atoms with Gasteiger partial charge in [-0.05, 0) is 35.0 Å². The number of aliphatic hydroxyl groups excluding tert-OH is 1. The predicted molar refractivity (Wildman–Crippen MR) is 83.8 cm³/mol. The van der Waals surface area contributed by atoms with E-state index in [1.54, 1.807) is 4.68 Å². The fourth-order valence-electron chi connectivity index (χ4n) is 2.32. The van der Waals surface area contributed by atoms with Crippen molar-refractivity contribution in [2.75, 3.05) is 0 Å². The van der Waals surface area contributed by atoms with Crippen LogP contribution in [0.4, 0.5) is 0 Å². The molecule has 0 aliphatic rings. The third-order valence-electron chi connectivity index (χ3n) is 3.39. The van der Waals surface area contributed by atoms with Crippen molar-refractivity contribution in [1.82, 2.24) is 19.7 Å². The highest BCUT2D eigenvalue weighted by Crippen LogP contribution is 2.27. The average Bonchev–Trinajstić information content (AvgIpc) is 2.93. The van der Waals surface area contributed by atoms with Gasteiger partial charge < -0.3 is 5.11 Å². The minimum absolute atomic E-state index is 0.387. The fraction of sp³-hybridized carbons (Fsp3) is 0.267. The lowest BCUT2D eigenvalue weighted by atomic mass is 10.1. The molecule has 0 radical (unpaired) electrons. The number of rotatable bonds is 4. The predicted octanol–water partition coefficient (Wildman–Crippen LogP) is 2.88. The summed E-state index contributed by atoms with van der Waals surface area (Å²) in [6.07, 6.45) is 1.17. The number of hydrogen-bond acceptors (Lipinski definition) is 4. The third kappa shape index (κ3) is 2.82. The SMILES string of the molecule is CCn1ncnc1CC(O)c1nc2ccccc2cc1Br. The van der Waals surface area contributed by atoms with Gasteiger partial charge >= 0.3 is 0 Å². The number of para-hydroxylation sites is 1. The van der Waals surface area contributed by atoms with Crippen molar-refractivity contribution in [2.24, 2.45) is 0 Å². The molecular weight excluding hydrogens is 332 g/mol. The Bertz CT molecular complexity index is 771. The van der Waals surface area contributed by atoms with Gasteiger partial charge in [-0.15, -0.1) is 0 Å². The molecule has 0 aliphatic heterocycles. The zero-order valence-corrected chi connectivity index (χ0v) is 13.2. The number of aryl methyl sites for hydroxylation is 1. The van der Waals surface area contributed by atoms with Gasteiger partial charge in [0, 0.05) is 22.8 Å². The van der Waals surface area contributed by atoms with Crippen molar-refractivity contribution >= 4 is 26.8 Å². The van der Waals surface area contributed by atoms with E-state index < -0.39 is 6.10 Å². The maximum Gasteiger partial charge on any atom is 0.138 e. The molecule has 108 valence electrons. The Hall–Kier alpha value is -1.79. The quantitative estimate of drug-likeness (QED) is 0.788. The van der Waals surface area contributed by atoms with E-state index in [0.717, 1.165) is 27.7 Å². The summed E-state index contributed by atoms with van der Waals surface area (Å²) in [4.78, 5) is 8.75. The normalized spacial score (nSPS) is 12.7. The Morgan fingerprint density at radius 1 is 1.33 bits per heavy atom. The lowest BCUT2D eigenvalue weighted by Gasteiger charge is -2.13. The Morgan fingerprint density at radius 2 is 2.14 bits per heavy atom. The van der Waals surface area contributed by atoms with Gasteiger partial charge in [-0.2, -0.15) is 5.10 Å². The zero-order valence-electron chi connectivity index (χ0n) is 11.6. The topological polar surface area (TPSA) is 63.8 Å². The first-order valence-corrected chi connectivity index (χ1v) is 7.58. The molecule has 1 unspecified atom stereocenters. The smallest absolute Gasteiger partial charge is 0.138 e. The standard InChI is InChI=1S/C15H15BrN4O/c1-2-20-14(17-9-18-20)8-13(21)15-11(16)7-10-5-3-4-6-12(10)19-15/h3-7,9,13,21H,2,8H2,1H3. The first-order chi connectivity index (χ1) is 10.2. The monoisotopic (exact) mass is 346 g/mol. The molecule has 3 rings (SSSR count). The average molecular weight is 347 g/mol. The van der Waals surface area contributed by atoms with E-state index in [4.69, 9.17) is 0 Å². The number of pyridine rings is 1. The number of hydrogen-bond donors (Lipinski definition) is 1. The van der Waals surface area contributed by atoms with Gasteiger partial charge in [0.15, 0.2) is 0 Å². The molecular formula is C15H15BrN4O. The van der Waals surface area contributed by atoms with Gasteiger partial charge in [0.05, 0.1) is 11.2 Å². The molecule has 6 heteroatoms. The Morgan fingerprint density at radius 3 is 2.95 bits per heavy atom. The molecule has 0 amide bonds. The van der Waals surface area contributed by atoms with E-state index >= 15 is 0 Å². The second-order valence-electron chi connectivity index (χ2n) is 4.76. The van der Waals surface area contributed by atoms with Crippen molar-refractivity contribution < 1.29 is 5.11 Å². The highest BCUT2D eigenvalue weighted by molar-refractivity contribution is 9.10. The highest BCUT2D eigenvalue weighted by Gasteiger charge is 2.17. The van der Waals surface area contributed by atoms with Crippen molar-refractivity contribution in [1.29, 1.82) is 0 Å². The van der Waals surface area contributed by atoms with Crippen molar-refractivity contribution in [3.63, 3.8) is 0 Å². The molecule has 1 N–H and O–H groups in total. The van der Waals surface area contributed by atoms with Gasteiger partial charge in [0.1, 0.15) is 18.3 Å². The maximum absolute atomic E-state index is 10.5. The van der Waals surface area contributed by atoms with Gasteiger partial charge in [0.25, 0.3) is 0 Å². The Balaban J connectivity index is 1.94. The van der Waals surface area contributed by atoms with Crippen LogP contribution in [0.5, 0.6) is 0 Å². The molecule has 2 heterocycles. The summed E-state index contributed by atoms with van der Waals surface area (Å²) in [5.74, 6) is 0.756. The number of benzene rings is 1. The van der Waals surface area contributed by atoms with E-state index in [2.05, 4.69) is 31.0 Å². The molecule has 3 aromatic rings. The molecule has 5 nitrogen and oxygen atoms in total. The van der Waals surface area contributed by atoms with Gasteiger partial charge in [-0.1, -0.05) is 18.2 Å². The van der Waals surface area contributed by atoms with Crippen LogP contribution < -0.4 is 0 Å². The van der Waals surface area contributed by atoms with Crippen LogP contribution >= 0.6 is 15.9 Å². The first-order valence-electron chi connectivity index (χ1n) is 6.79. The van der Waals surface area contributed by atoms with Crippen LogP contribution in [0.1, 0.15) is 24.5 Å². The second kappa shape index (κ2) is 5.91. The number of fused-ring (bicyclic) bond motifs is 1. The molecule has 1 aromatic carbocycles. The van der Waals surface area contributed by atoms with E-state index in [1.165, 1.54) is 6.33 Å². The van der Waals surface area contributed by atoms with E-state index in [-0.39, 0.29) is 0 Å². The van der Waals surface area contributed by atoms with Crippen LogP contribution in [0, 0.1) is 0 Å². The largest absolute Gasteiger partial charge is 0.386 e. The van der Waals surface area contributed by atoms with E-state index in [9.17, 15) is 5.11 Å². The van der Waals surface area contributed by atoms with Crippen LogP contribution in [0.25, 0.3) is 10.9 Å². The van der Waals surface area contributed by atoms with Crippen molar-refractivity contribution in [2.45, 2.75) is 26.0 Å². The number of aliphatic hydroxyl groups is 1.